The van der Waals surface area contributed by atoms with Crippen molar-refractivity contribution in [1.82, 2.24) is 9.55 Å². The average Bonchev–Trinajstić information content (AvgIpc) is 3.41. The summed E-state index contributed by atoms with van der Waals surface area (Å²) < 4.78 is 8.20. The van der Waals surface area contributed by atoms with Gasteiger partial charge in [0.1, 0.15) is 11.6 Å². The van der Waals surface area contributed by atoms with E-state index in [1.807, 2.05) is 72.5 Å². The Morgan fingerprint density at radius 2 is 1.89 bits per heavy atom. The number of fused-ring (bicyclic) bond motifs is 1. The molecule has 180 valence electrons. The van der Waals surface area contributed by atoms with Gasteiger partial charge in [0.2, 0.25) is 5.91 Å². The van der Waals surface area contributed by atoms with Gasteiger partial charge in [0.25, 0.3) is 0 Å². The van der Waals surface area contributed by atoms with Crippen molar-refractivity contribution >= 4 is 45.8 Å². The molecule has 1 saturated heterocycles. The van der Waals surface area contributed by atoms with Crippen LogP contribution in [0.1, 0.15) is 36.6 Å². The highest BCUT2D eigenvalue weighted by Gasteiger charge is 2.34. The Labute approximate surface area is 215 Å². The van der Waals surface area contributed by atoms with E-state index in [0.717, 1.165) is 58.3 Å². The summed E-state index contributed by atoms with van der Waals surface area (Å²) in [5.74, 6) is 1.94. The number of imidazole rings is 1. The molecular formula is C28H27Cl2N3O2. The van der Waals surface area contributed by atoms with Crippen LogP contribution in [0, 0.1) is 6.92 Å². The van der Waals surface area contributed by atoms with Crippen molar-refractivity contribution in [2.75, 3.05) is 18.1 Å². The number of benzene rings is 3. The Morgan fingerprint density at radius 3 is 2.71 bits per heavy atom. The number of halogens is 2. The topological polar surface area (TPSA) is 47.4 Å². The van der Waals surface area contributed by atoms with Crippen LogP contribution in [0.25, 0.3) is 11.0 Å². The van der Waals surface area contributed by atoms with Gasteiger partial charge in [-0.25, -0.2) is 4.98 Å². The van der Waals surface area contributed by atoms with Crippen molar-refractivity contribution < 1.29 is 9.53 Å². The van der Waals surface area contributed by atoms with Gasteiger partial charge in [0.15, 0.2) is 0 Å². The van der Waals surface area contributed by atoms with E-state index in [9.17, 15) is 4.79 Å². The number of anilines is 1. The largest absolute Gasteiger partial charge is 0.494 e. The lowest BCUT2D eigenvalue weighted by Gasteiger charge is -2.18. The van der Waals surface area contributed by atoms with E-state index in [4.69, 9.17) is 32.9 Å². The zero-order chi connectivity index (χ0) is 24.4. The predicted molar refractivity (Wildman–Crippen MR) is 142 cm³/mol. The SMILES string of the molecule is Cc1cc(OCCCCn2c(C3CC(=O)N(c4cccc(Cl)c4)C3)nc3ccccc32)ccc1Cl. The minimum Gasteiger partial charge on any atom is -0.494 e. The van der Waals surface area contributed by atoms with Gasteiger partial charge < -0.3 is 14.2 Å². The minimum atomic E-state index is 0.0298. The van der Waals surface area contributed by atoms with Crippen LogP contribution < -0.4 is 9.64 Å². The van der Waals surface area contributed by atoms with Gasteiger partial charge in [0.05, 0.1) is 17.6 Å². The van der Waals surface area contributed by atoms with Crippen molar-refractivity contribution in [2.45, 2.75) is 38.6 Å². The molecule has 35 heavy (non-hydrogen) atoms. The summed E-state index contributed by atoms with van der Waals surface area (Å²) in [5, 5.41) is 1.37. The van der Waals surface area contributed by atoms with Gasteiger partial charge in [-0.1, -0.05) is 41.4 Å². The maximum Gasteiger partial charge on any atom is 0.227 e. The van der Waals surface area contributed by atoms with Crippen LogP contribution >= 0.6 is 23.2 Å². The van der Waals surface area contributed by atoms with Crippen molar-refractivity contribution in [3.8, 4) is 5.75 Å². The summed E-state index contributed by atoms with van der Waals surface area (Å²) in [6, 6.07) is 21.4. The molecule has 5 rings (SSSR count). The minimum absolute atomic E-state index is 0.0298. The molecule has 5 nitrogen and oxygen atoms in total. The summed E-state index contributed by atoms with van der Waals surface area (Å²) in [7, 11) is 0. The molecule has 1 aromatic heterocycles. The third kappa shape index (κ3) is 5.16. The molecule has 0 N–H and O–H groups in total. The lowest BCUT2D eigenvalue weighted by atomic mass is 10.1. The number of nitrogens with zero attached hydrogens (tertiary/aromatic N) is 3. The normalized spacial score (nSPS) is 15.8. The first kappa shape index (κ1) is 23.7. The van der Waals surface area contributed by atoms with Crippen molar-refractivity contribution in [3.63, 3.8) is 0 Å². The Kier molecular flexibility index (Phi) is 6.98. The van der Waals surface area contributed by atoms with Crippen LogP contribution in [0.4, 0.5) is 5.69 Å². The third-order valence-corrected chi connectivity index (χ3v) is 7.13. The third-order valence-electron chi connectivity index (χ3n) is 6.47. The molecule has 0 spiro atoms. The molecule has 1 aliphatic heterocycles. The van der Waals surface area contributed by atoms with Crippen LogP contribution in [-0.4, -0.2) is 28.6 Å². The van der Waals surface area contributed by atoms with Crippen LogP contribution in [0.2, 0.25) is 10.0 Å². The molecule has 0 radical (unpaired) electrons. The van der Waals surface area contributed by atoms with Crippen LogP contribution in [0.15, 0.2) is 66.7 Å². The van der Waals surface area contributed by atoms with E-state index in [0.29, 0.717) is 24.6 Å². The van der Waals surface area contributed by atoms with Gasteiger partial charge in [-0.3, -0.25) is 4.79 Å². The molecule has 7 heteroatoms. The second kappa shape index (κ2) is 10.3. The van der Waals surface area contributed by atoms with E-state index in [1.54, 1.807) is 0 Å². The molecule has 1 amide bonds. The van der Waals surface area contributed by atoms with Gasteiger partial charge in [0, 0.05) is 41.2 Å². The fourth-order valence-electron chi connectivity index (χ4n) is 4.68. The summed E-state index contributed by atoms with van der Waals surface area (Å²) in [6.45, 7) is 4.03. The van der Waals surface area contributed by atoms with Crippen molar-refractivity contribution in [2.24, 2.45) is 0 Å². The van der Waals surface area contributed by atoms with E-state index in [-0.39, 0.29) is 11.8 Å². The molecule has 0 bridgehead atoms. The Hall–Kier alpha value is -3.02. The van der Waals surface area contributed by atoms with Crippen LogP contribution in [-0.2, 0) is 11.3 Å². The lowest BCUT2D eigenvalue weighted by molar-refractivity contribution is -0.117. The van der Waals surface area contributed by atoms with E-state index < -0.39 is 0 Å². The molecule has 0 aliphatic carbocycles. The number of hydrogen-bond donors (Lipinski definition) is 0. The summed E-state index contributed by atoms with van der Waals surface area (Å²) in [5.41, 5.74) is 3.91. The van der Waals surface area contributed by atoms with E-state index in [1.165, 1.54) is 0 Å². The van der Waals surface area contributed by atoms with Gasteiger partial charge in [-0.05, 0) is 73.9 Å². The van der Waals surface area contributed by atoms with Crippen molar-refractivity contribution in [3.05, 3.63) is 88.2 Å². The zero-order valence-corrected chi connectivity index (χ0v) is 21.1. The highest BCUT2D eigenvalue weighted by atomic mass is 35.5. The van der Waals surface area contributed by atoms with Gasteiger partial charge in [-0.2, -0.15) is 0 Å². The number of rotatable bonds is 8. The highest BCUT2D eigenvalue weighted by molar-refractivity contribution is 6.31. The Balaban J connectivity index is 1.28. The molecule has 3 aromatic carbocycles. The molecule has 1 fully saturated rings. The molecule has 2 heterocycles. The quantitative estimate of drug-likeness (QED) is 0.240. The molecule has 1 atom stereocenters. The smallest absolute Gasteiger partial charge is 0.227 e. The molecule has 1 unspecified atom stereocenters. The predicted octanol–water partition coefficient (Wildman–Crippen LogP) is 7.03. The van der Waals surface area contributed by atoms with Crippen molar-refractivity contribution in [1.29, 1.82) is 0 Å². The maximum absolute atomic E-state index is 12.9. The standard InChI is InChI=1S/C28H27Cl2N3O2/c1-19-15-23(11-12-24(19)30)35-14-5-4-13-32-26-10-3-2-9-25(26)31-28(32)20-16-27(34)33(18-20)22-8-6-7-21(29)17-22/h2-3,6-12,15,17,20H,4-5,13-14,16,18H2,1H3. The number of amides is 1. The first-order valence-electron chi connectivity index (χ1n) is 11.9. The summed E-state index contributed by atoms with van der Waals surface area (Å²) in [4.78, 5) is 19.7. The molecule has 1 aliphatic rings. The second-order valence-electron chi connectivity index (χ2n) is 8.96. The maximum atomic E-state index is 12.9. The lowest BCUT2D eigenvalue weighted by Crippen LogP contribution is -2.24. The van der Waals surface area contributed by atoms with E-state index in [2.05, 4.69) is 10.6 Å². The van der Waals surface area contributed by atoms with Gasteiger partial charge >= 0.3 is 0 Å². The fourth-order valence-corrected chi connectivity index (χ4v) is 4.99. The zero-order valence-electron chi connectivity index (χ0n) is 19.6. The first-order valence-corrected chi connectivity index (χ1v) is 12.7. The number of carbonyl (C=O) groups is 1. The molecule has 0 saturated carbocycles. The van der Waals surface area contributed by atoms with Crippen LogP contribution in [0.5, 0.6) is 5.75 Å². The highest BCUT2D eigenvalue weighted by Crippen LogP contribution is 2.34. The number of hydrogen-bond acceptors (Lipinski definition) is 3. The Bertz CT molecular complexity index is 1370. The number of aryl methyl sites for hydroxylation is 2. The van der Waals surface area contributed by atoms with Crippen LogP contribution in [0.3, 0.4) is 0 Å². The first-order chi connectivity index (χ1) is 17.0. The number of carbonyl (C=O) groups excluding carboxylic acids is 1. The fraction of sp³-hybridized carbons (Fsp3) is 0.286. The molecule has 4 aromatic rings. The summed E-state index contributed by atoms with van der Waals surface area (Å²) >= 11 is 12.3. The van der Waals surface area contributed by atoms with E-state index >= 15 is 0 Å². The number of unbranched alkanes of at least 4 members (excludes halogenated alkanes) is 1. The number of para-hydroxylation sites is 2. The Morgan fingerprint density at radius 1 is 1.03 bits per heavy atom. The summed E-state index contributed by atoms with van der Waals surface area (Å²) in [6.07, 6.45) is 2.29. The molecular weight excluding hydrogens is 481 g/mol. The average molecular weight is 508 g/mol. The monoisotopic (exact) mass is 507 g/mol. The van der Waals surface area contributed by atoms with Gasteiger partial charge in [-0.15, -0.1) is 0 Å². The second-order valence-corrected chi connectivity index (χ2v) is 9.81. The number of ether oxygens (including phenoxy) is 1. The number of aromatic nitrogens is 2.